The van der Waals surface area contributed by atoms with Crippen LogP contribution in [0.1, 0.15) is 24.0 Å². The number of piperidine rings is 1. The third-order valence-electron chi connectivity index (χ3n) is 4.34. The molecule has 2 aromatic heterocycles. The van der Waals surface area contributed by atoms with Crippen LogP contribution < -0.4 is 4.90 Å². The highest BCUT2D eigenvalue weighted by atomic mass is 16.5. The Morgan fingerprint density at radius 2 is 2.12 bits per heavy atom. The first-order valence-electron chi connectivity index (χ1n) is 8.56. The van der Waals surface area contributed by atoms with E-state index in [2.05, 4.69) is 33.1 Å². The van der Waals surface area contributed by atoms with Crippen molar-refractivity contribution in [3.05, 3.63) is 54.0 Å². The number of anilines is 1. The molecule has 1 aliphatic rings. The molecular weight excluding hydrogens is 300 g/mol. The van der Waals surface area contributed by atoms with Crippen LogP contribution in [0.3, 0.4) is 0 Å². The van der Waals surface area contributed by atoms with Crippen LogP contribution in [0.4, 0.5) is 5.82 Å². The van der Waals surface area contributed by atoms with Gasteiger partial charge in [-0.15, -0.1) is 0 Å². The number of aromatic nitrogens is 2. The predicted octanol–water partition coefficient (Wildman–Crippen LogP) is 2.72. The molecule has 2 aromatic rings. The van der Waals surface area contributed by atoms with Crippen LogP contribution in [0, 0.1) is 0 Å². The number of ether oxygens (including phenoxy) is 1. The summed E-state index contributed by atoms with van der Waals surface area (Å²) < 4.78 is 6.08. The lowest BCUT2D eigenvalue weighted by atomic mass is 10.1. The Kier molecular flexibility index (Phi) is 5.77. The summed E-state index contributed by atoms with van der Waals surface area (Å²) in [6.07, 6.45) is 8.26. The van der Waals surface area contributed by atoms with Crippen molar-refractivity contribution in [2.75, 3.05) is 32.1 Å². The van der Waals surface area contributed by atoms with Gasteiger partial charge in [-0.1, -0.05) is 12.1 Å². The lowest BCUT2D eigenvalue weighted by Crippen LogP contribution is -2.39. The fourth-order valence-electron chi connectivity index (χ4n) is 3.02. The van der Waals surface area contributed by atoms with Crippen LogP contribution in [0.25, 0.3) is 0 Å². The van der Waals surface area contributed by atoms with Crippen molar-refractivity contribution in [3.63, 3.8) is 0 Å². The number of likely N-dealkylation sites (tertiary alicyclic amines) is 1. The van der Waals surface area contributed by atoms with Gasteiger partial charge in [0.2, 0.25) is 0 Å². The smallest absolute Gasteiger partial charge is 0.127 e. The summed E-state index contributed by atoms with van der Waals surface area (Å²) in [4.78, 5) is 13.1. The van der Waals surface area contributed by atoms with Gasteiger partial charge in [-0.2, -0.15) is 0 Å². The van der Waals surface area contributed by atoms with Crippen LogP contribution in [-0.4, -0.2) is 48.2 Å². The molecule has 5 nitrogen and oxygen atoms in total. The largest absolute Gasteiger partial charge is 0.372 e. The average Bonchev–Trinajstić information content (AvgIpc) is 2.62. The molecule has 0 unspecified atom stereocenters. The Morgan fingerprint density at radius 3 is 2.83 bits per heavy atom. The van der Waals surface area contributed by atoms with Gasteiger partial charge >= 0.3 is 0 Å². The molecule has 1 saturated heterocycles. The van der Waals surface area contributed by atoms with E-state index in [1.54, 1.807) is 6.20 Å². The first-order chi connectivity index (χ1) is 11.7. The normalized spacial score (nSPS) is 18.5. The second kappa shape index (κ2) is 8.22. The maximum absolute atomic E-state index is 6.08. The fraction of sp³-hybridized carbons (Fsp3) is 0.474. The molecule has 0 radical (unpaired) electrons. The molecule has 0 aromatic carbocycles. The van der Waals surface area contributed by atoms with Gasteiger partial charge in [0.15, 0.2) is 0 Å². The van der Waals surface area contributed by atoms with Gasteiger partial charge in [0.25, 0.3) is 0 Å². The molecule has 24 heavy (non-hydrogen) atoms. The average molecular weight is 326 g/mol. The van der Waals surface area contributed by atoms with E-state index in [0.29, 0.717) is 12.7 Å². The zero-order valence-electron chi connectivity index (χ0n) is 14.6. The van der Waals surface area contributed by atoms with Crippen molar-refractivity contribution >= 4 is 5.82 Å². The number of rotatable bonds is 6. The van der Waals surface area contributed by atoms with Crippen LogP contribution in [0.15, 0.2) is 42.9 Å². The number of hydrogen-bond donors (Lipinski definition) is 0. The monoisotopic (exact) mass is 326 g/mol. The zero-order chi connectivity index (χ0) is 16.8. The molecule has 0 aliphatic carbocycles. The third kappa shape index (κ3) is 4.76. The molecule has 0 bridgehead atoms. The van der Waals surface area contributed by atoms with Gasteiger partial charge in [-0.25, -0.2) is 4.98 Å². The highest BCUT2D eigenvalue weighted by molar-refractivity contribution is 5.37. The van der Waals surface area contributed by atoms with E-state index in [-0.39, 0.29) is 0 Å². The fourth-order valence-corrected chi connectivity index (χ4v) is 3.02. The molecule has 0 saturated carbocycles. The van der Waals surface area contributed by atoms with Crippen molar-refractivity contribution in [1.29, 1.82) is 0 Å². The maximum atomic E-state index is 6.08. The van der Waals surface area contributed by atoms with E-state index in [1.165, 1.54) is 12.0 Å². The zero-order valence-corrected chi connectivity index (χ0v) is 14.6. The summed E-state index contributed by atoms with van der Waals surface area (Å²) in [7, 11) is 4.02. The van der Waals surface area contributed by atoms with E-state index < -0.39 is 0 Å². The lowest BCUT2D eigenvalue weighted by Gasteiger charge is -2.32. The van der Waals surface area contributed by atoms with Gasteiger partial charge in [-0.3, -0.25) is 9.88 Å². The summed E-state index contributed by atoms with van der Waals surface area (Å²) in [6.45, 7) is 3.69. The molecule has 0 amide bonds. The standard InChI is InChI=1S/C19H26N4O/c1-22(2)19-8-7-16(12-21-19)13-23-10-4-6-18(14-23)24-15-17-5-3-9-20-11-17/h3,5,7-9,11-12,18H,4,6,10,13-15H2,1-2H3/t18-/m0/s1. The summed E-state index contributed by atoms with van der Waals surface area (Å²) >= 11 is 0. The minimum Gasteiger partial charge on any atom is -0.372 e. The molecule has 1 fully saturated rings. The first-order valence-corrected chi connectivity index (χ1v) is 8.56. The molecule has 0 N–H and O–H groups in total. The summed E-state index contributed by atoms with van der Waals surface area (Å²) in [5.41, 5.74) is 2.40. The van der Waals surface area contributed by atoms with Crippen molar-refractivity contribution in [1.82, 2.24) is 14.9 Å². The van der Waals surface area contributed by atoms with Crippen LogP contribution in [0.5, 0.6) is 0 Å². The van der Waals surface area contributed by atoms with Crippen molar-refractivity contribution in [3.8, 4) is 0 Å². The molecular formula is C19H26N4O. The summed E-state index contributed by atoms with van der Waals surface area (Å²) in [6, 6.07) is 8.26. The molecule has 1 atom stereocenters. The minimum absolute atomic E-state index is 0.299. The third-order valence-corrected chi connectivity index (χ3v) is 4.34. The molecule has 3 heterocycles. The molecule has 128 valence electrons. The summed E-state index contributed by atoms with van der Waals surface area (Å²) in [5.74, 6) is 0.995. The number of nitrogens with zero attached hydrogens (tertiary/aromatic N) is 4. The highest BCUT2D eigenvalue weighted by Crippen LogP contribution is 2.18. The quantitative estimate of drug-likeness (QED) is 0.816. The Balaban J connectivity index is 1.50. The highest BCUT2D eigenvalue weighted by Gasteiger charge is 2.20. The Bertz CT molecular complexity index is 615. The van der Waals surface area contributed by atoms with Crippen LogP contribution in [0.2, 0.25) is 0 Å². The molecule has 0 spiro atoms. The lowest BCUT2D eigenvalue weighted by molar-refractivity contribution is -0.0121. The van der Waals surface area contributed by atoms with Crippen LogP contribution in [-0.2, 0) is 17.9 Å². The van der Waals surface area contributed by atoms with Gasteiger partial charge in [0, 0.05) is 45.8 Å². The van der Waals surface area contributed by atoms with E-state index in [9.17, 15) is 0 Å². The van der Waals surface area contributed by atoms with Crippen molar-refractivity contribution in [2.45, 2.75) is 32.1 Å². The van der Waals surface area contributed by atoms with Gasteiger partial charge in [-0.05, 0) is 42.6 Å². The van der Waals surface area contributed by atoms with E-state index in [0.717, 1.165) is 37.4 Å². The molecule has 1 aliphatic heterocycles. The Morgan fingerprint density at radius 1 is 1.21 bits per heavy atom. The van der Waals surface area contributed by atoms with Gasteiger partial charge in [0.05, 0.1) is 12.7 Å². The molecule has 3 rings (SSSR count). The van der Waals surface area contributed by atoms with E-state index >= 15 is 0 Å². The van der Waals surface area contributed by atoms with Gasteiger partial charge < -0.3 is 9.64 Å². The van der Waals surface area contributed by atoms with Gasteiger partial charge in [0.1, 0.15) is 5.82 Å². The Labute approximate surface area is 144 Å². The second-order valence-corrected chi connectivity index (χ2v) is 6.59. The SMILES string of the molecule is CN(C)c1ccc(CN2CCC[C@H](OCc3cccnc3)C2)cn1. The minimum atomic E-state index is 0.299. The van der Waals surface area contributed by atoms with Crippen molar-refractivity contribution in [2.24, 2.45) is 0 Å². The van der Waals surface area contributed by atoms with E-state index in [4.69, 9.17) is 4.74 Å². The number of hydrogen-bond acceptors (Lipinski definition) is 5. The summed E-state index contributed by atoms with van der Waals surface area (Å²) in [5, 5.41) is 0. The predicted molar refractivity (Wildman–Crippen MR) is 95.9 cm³/mol. The Hall–Kier alpha value is -1.98. The topological polar surface area (TPSA) is 41.5 Å². The van der Waals surface area contributed by atoms with Crippen LogP contribution >= 0.6 is 0 Å². The van der Waals surface area contributed by atoms with E-state index in [1.807, 2.05) is 37.5 Å². The first kappa shape index (κ1) is 16.9. The van der Waals surface area contributed by atoms with Crippen molar-refractivity contribution < 1.29 is 4.74 Å². The maximum Gasteiger partial charge on any atom is 0.127 e. The molecule has 5 heteroatoms. The second-order valence-electron chi connectivity index (χ2n) is 6.59. The number of pyridine rings is 2.